The highest BCUT2D eigenvalue weighted by molar-refractivity contribution is 6.33. The van der Waals surface area contributed by atoms with Crippen LogP contribution in [-0.2, 0) is 6.54 Å². The molecule has 0 spiro atoms. The molecular formula is C31H37ClF3N5O3. The first-order valence-corrected chi connectivity index (χ1v) is 14.8. The molecule has 0 aliphatic carbocycles. The number of anilines is 1. The molecule has 12 heteroatoms. The number of carbonyl (C=O) groups excluding carboxylic acids is 1. The van der Waals surface area contributed by atoms with Gasteiger partial charge in [0.1, 0.15) is 23.9 Å². The Hall–Kier alpha value is -3.54. The van der Waals surface area contributed by atoms with Crippen LogP contribution in [0, 0.1) is 0 Å². The first-order valence-electron chi connectivity index (χ1n) is 14.4. The van der Waals surface area contributed by atoms with Crippen LogP contribution in [0.25, 0.3) is 0 Å². The van der Waals surface area contributed by atoms with Crippen LogP contribution in [0.5, 0.6) is 11.5 Å². The maximum Gasteiger partial charge on any atom is 0.573 e. The van der Waals surface area contributed by atoms with Gasteiger partial charge in [0, 0.05) is 46.4 Å². The standard InChI is InChI=1S/C31H35ClF3N5O3.H2/c32-28-20-24(30(41)36-12-19-42-26-4-2-1-3-5-26)21-37-29(28)40-17-15-39(16-18-40)25-10-13-38(14-11-25)22-23-6-8-27(9-7-23)43-31(33,34)35;/h1-9,20-21,25H,10-19,22H2,(H,36,41);1H. The number of likely N-dealkylation sites (tertiary alicyclic amines) is 1. The molecule has 1 N–H and O–H groups in total. The first-order chi connectivity index (χ1) is 20.7. The number of halogens is 4. The minimum Gasteiger partial charge on any atom is -0.492 e. The Morgan fingerprint density at radius 1 is 0.977 bits per heavy atom. The summed E-state index contributed by atoms with van der Waals surface area (Å²) in [5.74, 6) is 0.989. The summed E-state index contributed by atoms with van der Waals surface area (Å²) >= 11 is 6.57. The molecule has 232 valence electrons. The number of piperazine rings is 1. The third kappa shape index (κ3) is 8.98. The molecule has 3 heterocycles. The number of piperidine rings is 1. The molecule has 43 heavy (non-hydrogen) atoms. The van der Waals surface area contributed by atoms with Gasteiger partial charge >= 0.3 is 6.36 Å². The number of carbonyl (C=O) groups is 1. The number of nitrogens with zero attached hydrogens (tertiary/aromatic N) is 4. The number of benzene rings is 2. The summed E-state index contributed by atoms with van der Waals surface area (Å²) in [4.78, 5) is 24.1. The average molecular weight is 620 g/mol. The van der Waals surface area contributed by atoms with Crippen molar-refractivity contribution in [1.82, 2.24) is 20.1 Å². The number of hydrogen-bond acceptors (Lipinski definition) is 7. The van der Waals surface area contributed by atoms with E-state index in [-0.39, 0.29) is 13.1 Å². The molecule has 0 radical (unpaired) electrons. The number of alkyl halides is 3. The number of para-hydroxylation sites is 1. The van der Waals surface area contributed by atoms with E-state index in [1.54, 1.807) is 24.4 Å². The van der Waals surface area contributed by atoms with E-state index in [1.807, 2.05) is 30.3 Å². The van der Waals surface area contributed by atoms with E-state index in [0.717, 1.165) is 63.4 Å². The monoisotopic (exact) mass is 619 g/mol. The smallest absolute Gasteiger partial charge is 0.492 e. The van der Waals surface area contributed by atoms with Gasteiger partial charge in [0.2, 0.25) is 0 Å². The van der Waals surface area contributed by atoms with Crippen molar-refractivity contribution in [2.24, 2.45) is 0 Å². The predicted octanol–water partition coefficient (Wildman–Crippen LogP) is 5.48. The van der Waals surface area contributed by atoms with Crippen molar-refractivity contribution in [2.75, 3.05) is 57.3 Å². The summed E-state index contributed by atoms with van der Waals surface area (Å²) in [7, 11) is 0. The summed E-state index contributed by atoms with van der Waals surface area (Å²) in [6.45, 7) is 6.66. The third-order valence-electron chi connectivity index (χ3n) is 7.73. The molecular weight excluding hydrogens is 583 g/mol. The average Bonchev–Trinajstić information content (AvgIpc) is 3.00. The summed E-state index contributed by atoms with van der Waals surface area (Å²) in [6, 6.07) is 17.7. The van der Waals surface area contributed by atoms with Gasteiger partial charge in [-0.15, -0.1) is 13.2 Å². The predicted molar refractivity (Wildman–Crippen MR) is 161 cm³/mol. The lowest BCUT2D eigenvalue weighted by molar-refractivity contribution is -0.274. The van der Waals surface area contributed by atoms with Crippen molar-refractivity contribution in [3.8, 4) is 11.5 Å². The second-order valence-corrected chi connectivity index (χ2v) is 11.1. The molecule has 0 atom stereocenters. The van der Waals surface area contributed by atoms with Crippen LogP contribution in [0.2, 0.25) is 5.02 Å². The molecule has 1 amide bonds. The normalized spacial score (nSPS) is 17.1. The first kappa shape index (κ1) is 30.9. The summed E-state index contributed by atoms with van der Waals surface area (Å²) in [6.07, 6.45) is -1.05. The zero-order chi connectivity index (χ0) is 30.2. The molecule has 2 aliphatic rings. The van der Waals surface area contributed by atoms with E-state index >= 15 is 0 Å². The number of hydrogen-bond donors (Lipinski definition) is 1. The Kier molecular flexibility index (Phi) is 10.3. The zero-order valence-corrected chi connectivity index (χ0v) is 24.5. The lowest BCUT2D eigenvalue weighted by atomic mass is 10.0. The van der Waals surface area contributed by atoms with Gasteiger partial charge in [-0.2, -0.15) is 0 Å². The zero-order valence-electron chi connectivity index (χ0n) is 23.7. The van der Waals surface area contributed by atoms with E-state index in [0.29, 0.717) is 42.1 Å². The van der Waals surface area contributed by atoms with Crippen LogP contribution < -0.4 is 19.7 Å². The SMILES string of the molecule is O=C(NCCOc1ccccc1)c1cnc(N2CCN(C3CCN(Cc4ccc(OC(F)(F)F)cc4)CC3)CC2)c(Cl)c1.[HH]. The number of aromatic nitrogens is 1. The molecule has 5 rings (SSSR count). The van der Waals surface area contributed by atoms with E-state index in [2.05, 4.69) is 29.7 Å². The number of ether oxygens (including phenoxy) is 2. The van der Waals surface area contributed by atoms with Crippen LogP contribution in [0.4, 0.5) is 19.0 Å². The molecule has 2 saturated heterocycles. The molecule has 2 aliphatic heterocycles. The second kappa shape index (κ2) is 14.3. The minimum absolute atomic E-state index is 0. The fourth-order valence-corrected chi connectivity index (χ4v) is 5.82. The van der Waals surface area contributed by atoms with Gasteiger partial charge in [0.05, 0.1) is 17.1 Å². The van der Waals surface area contributed by atoms with Gasteiger partial charge in [-0.3, -0.25) is 14.6 Å². The molecule has 0 bridgehead atoms. The van der Waals surface area contributed by atoms with Crippen molar-refractivity contribution in [2.45, 2.75) is 31.8 Å². The van der Waals surface area contributed by atoms with E-state index in [9.17, 15) is 18.0 Å². The quantitative estimate of drug-likeness (QED) is 0.302. The third-order valence-corrected chi connectivity index (χ3v) is 8.01. The van der Waals surface area contributed by atoms with Crippen LogP contribution >= 0.6 is 11.6 Å². The molecule has 0 saturated carbocycles. The van der Waals surface area contributed by atoms with Crippen LogP contribution in [0.1, 0.15) is 30.2 Å². The lowest BCUT2D eigenvalue weighted by Crippen LogP contribution is -2.53. The fourth-order valence-electron chi connectivity index (χ4n) is 5.54. The Bertz CT molecular complexity index is 1340. The van der Waals surface area contributed by atoms with Gasteiger partial charge in [0.15, 0.2) is 0 Å². The maximum atomic E-state index is 12.6. The van der Waals surface area contributed by atoms with E-state index in [1.165, 1.54) is 12.1 Å². The lowest BCUT2D eigenvalue weighted by Gasteiger charge is -2.43. The second-order valence-electron chi connectivity index (χ2n) is 10.7. The van der Waals surface area contributed by atoms with Gasteiger partial charge in [-0.1, -0.05) is 41.9 Å². The summed E-state index contributed by atoms with van der Waals surface area (Å²) in [5, 5.41) is 3.29. The van der Waals surface area contributed by atoms with Crippen molar-refractivity contribution < 1.29 is 28.9 Å². The Labute approximate surface area is 255 Å². The highest BCUT2D eigenvalue weighted by Crippen LogP contribution is 2.28. The molecule has 1 aromatic heterocycles. The van der Waals surface area contributed by atoms with Crippen molar-refractivity contribution in [1.29, 1.82) is 0 Å². The number of nitrogens with one attached hydrogen (secondary N) is 1. The molecule has 2 aromatic carbocycles. The van der Waals surface area contributed by atoms with Crippen molar-refractivity contribution in [3.63, 3.8) is 0 Å². The van der Waals surface area contributed by atoms with Crippen molar-refractivity contribution in [3.05, 3.63) is 83.0 Å². The minimum atomic E-state index is -4.68. The molecule has 2 fully saturated rings. The summed E-state index contributed by atoms with van der Waals surface area (Å²) < 4.78 is 46.7. The van der Waals surface area contributed by atoms with Crippen LogP contribution in [0.15, 0.2) is 66.9 Å². The van der Waals surface area contributed by atoms with E-state index in [4.69, 9.17) is 16.3 Å². The Morgan fingerprint density at radius 2 is 1.67 bits per heavy atom. The van der Waals surface area contributed by atoms with Gasteiger partial charge in [-0.05, 0) is 61.8 Å². The Balaban J connectivity index is 0.00000442. The van der Waals surface area contributed by atoms with Crippen LogP contribution in [-0.4, -0.2) is 85.5 Å². The topological polar surface area (TPSA) is 70.2 Å². The van der Waals surface area contributed by atoms with Crippen LogP contribution in [0.3, 0.4) is 0 Å². The number of rotatable bonds is 10. The van der Waals surface area contributed by atoms with Gasteiger partial charge < -0.3 is 19.7 Å². The van der Waals surface area contributed by atoms with Crippen molar-refractivity contribution >= 4 is 23.3 Å². The summed E-state index contributed by atoms with van der Waals surface area (Å²) in [5.41, 5.74) is 1.37. The number of amides is 1. The maximum absolute atomic E-state index is 12.6. The fraction of sp³-hybridized carbons (Fsp3) is 0.419. The molecule has 0 unspecified atom stereocenters. The molecule has 8 nitrogen and oxygen atoms in total. The highest BCUT2D eigenvalue weighted by Gasteiger charge is 2.31. The van der Waals surface area contributed by atoms with E-state index < -0.39 is 6.36 Å². The largest absolute Gasteiger partial charge is 0.573 e. The van der Waals surface area contributed by atoms with Gasteiger partial charge in [0.25, 0.3) is 5.91 Å². The Morgan fingerprint density at radius 3 is 2.33 bits per heavy atom. The highest BCUT2D eigenvalue weighted by atomic mass is 35.5. The van der Waals surface area contributed by atoms with Gasteiger partial charge in [-0.25, -0.2) is 4.98 Å². The molecule has 3 aromatic rings. The number of pyridine rings is 1.